The third kappa shape index (κ3) is 2.88. The van der Waals surface area contributed by atoms with Crippen molar-refractivity contribution < 1.29 is 14.7 Å². The number of carbonyl (C=O) groups excluding carboxylic acids is 1. The van der Waals surface area contributed by atoms with E-state index in [1.54, 1.807) is 48.0 Å². The van der Waals surface area contributed by atoms with Crippen LogP contribution in [0.1, 0.15) is 28.2 Å². The normalized spacial score (nSPS) is 10.4. The smallest absolute Gasteiger partial charge is 0.303 e. The van der Waals surface area contributed by atoms with Crippen LogP contribution in [0.5, 0.6) is 0 Å². The number of aliphatic carboxylic acids is 1. The van der Waals surface area contributed by atoms with Crippen LogP contribution in [-0.4, -0.2) is 21.4 Å². The number of aryl methyl sites for hydroxylation is 1. The van der Waals surface area contributed by atoms with Crippen molar-refractivity contribution >= 4 is 17.4 Å². The molecule has 20 heavy (non-hydrogen) atoms. The SMILES string of the molecule is Cn1c(CCC(=O)O)ccc1C(=O)c1ccc(N)cc1. The first-order valence-electron chi connectivity index (χ1n) is 6.25. The van der Waals surface area contributed by atoms with Gasteiger partial charge in [0.05, 0.1) is 12.1 Å². The Labute approximate surface area is 116 Å². The second-order valence-electron chi connectivity index (χ2n) is 4.61. The molecule has 2 rings (SSSR count). The Hall–Kier alpha value is -2.56. The van der Waals surface area contributed by atoms with E-state index in [0.717, 1.165) is 5.69 Å². The first kappa shape index (κ1) is 13.9. The largest absolute Gasteiger partial charge is 0.481 e. The van der Waals surface area contributed by atoms with Crippen molar-refractivity contribution in [1.29, 1.82) is 0 Å². The molecule has 0 spiro atoms. The average Bonchev–Trinajstić information content (AvgIpc) is 2.78. The molecule has 0 atom stereocenters. The van der Waals surface area contributed by atoms with E-state index in [1.807, 2.05) is 0 Å². The van der Waals surface area contributed by atoms with Gasteiger partial charge in [-0.2, -0.15) is 0 Å². The molecule has 2 aromatic rings. The zero-order chi connectivity index (χ0) is 14.7. The molecule has 0 fully saturated rings. The monoisotopic (exact) mass is 272 g/mol. The second kappa shape index (κ2) is 5.61. The molecule has 0 amide bonds. The van der Waals surface area contributed by atoms with Crippen LogP contribution in [0.2, 0.25) is 0 Å². The summed E-state index contributed by atoms with van der Waals surface area (Å²) < 4.78 is 1.74. The van der Waals surface area contributed by atoms with Crippen molar-refractivity contribution in [3.8, 4) is 0 Å². The number of nitrogen functional groups attached to an aromatic ring is 1. The van der Waals surface area contributed by atoms with Crippen molar-refractivity contribution in [2.24, 2.45) is 7.05 Å². The maximum Gasteiger partial charge on any atom is 0.303 e. The van der Waals surface area contributed by atoms with Crippen molar-refractivity contribution in [3.05, 3.63) is 53.3 Å². The summed E-state index contributed by atoms with van der Waals surface area (Å²) in [5.74, 6) is -0.952. The minimum Gasteiger partial charge on any atom is -0.481 e. The number of carbonyl (C=O) groups is 2. The highest BCUT2D eigenvalue weighted by Crippen LogP contribution is 2.15. The fourth-order valence-corrected chi connectivity index (χ4v) is 2.05. The fraction of sp³-hybridized carbons (Fsp3) is 0.200. The van der Waals surface area contributed by atoms with Gasteiger partial charge >= 0.3 is 5.97 Å². The standard InChI is InChI=1S/C15H16N2O3/c1-17-12(7-9-14(18)19)6-8-13(17)15(20)10-2-4-11(16)5-3-10/h2-6,8H,7,9,16H2,1H3,(H,18,19). The molecule has 1 heterocycles. The number of carboxylic acid groups (broad SMARTS) is 1. The molecular weight excluding hydrogens is 256 g/mol. The average molecular weight is 272 g/mol. The molecule has 0 aliphatic carbocycles. The third-order valence-corrected chi connectivity index (χ3v) is 3.23. The van der Waals surface area contributed by atoms with E-state index in [2.05, 4.69) is 0 Å². The van der Waals surface area contributed by atoms with E-state index in [1.165, 1.54) is 0 Å². The summed E-state index contributed by atoms with van der Waals surface area (Å²) in [4.78, 5) is 22.9. The number of benzene rings is 1. The number of nitrogens with two attached hydrogens (primary N) is 1. The lowest BCUT2D eigenvalue weighted by Gasteiger charge is -2.06. The maximum absolute atomic E-state index is 12.4. The van der Waals surface area contributed by atoms with Gasteiger partial charge in [-0.25, -0.2) is 0 Å². The third-order valence-electron chi connectivity index (χ3n) is 3.23. The van der Waals surface area contributed by atoms with Gasteiger partial charge in [-0.05, 0) is 42.8 Å². The van der Waals surface area contributed by atoms with Gasteiger partial charge in [-0.15, -0.1) is 0 Å². The first-order chi connectivity index (χ1) is 9.49. The molecule has 0 saturated heterocycles. The summed E-state index contributed by atoms with van der Waals surface area (Å²) in [7, 11) is 1.77. The lowest BCUT2D eigenvalue weighted by Crippen LogP contribution is -2.10. The highest BCUT2D eigenvalue weighted by atomic mass is 16.4. The minimum atomic E-state index is -0.849. The number of carboxylic acids is 1. The highest BCUT2D eigenvalue weighted by Gasteiger charge is 2.14. The molecular formula is C15H16N2O3. The number of hydrogen-bond acceptors (Lipinski definition) is 3. The quantitative estimate of drug-likeness (QED) is 0.642. The zero-order valence-corrected chi connectivity index (χ0v) is 11.2. The van der Waals surface area contributed by atoms with Crippen LogP contribution in [0.25, 0.3) is 0 Å². The van der Waals surface area contributed by atoms with E-state index in [4.69, 9.17) is 10.8 Å². The lowest BCUT2D eigenvalue weighted by molar-refractivity contribution is -0.136. The van der Waals surface area contributed by atoms with Crippen molar-refractivity contribution in [1.82, 2.24) is 4.57 Å². The summed E-state index contributed by atoms with van der Waals surface area (Å²) in [5, 5.41) is 8.70. The Morgan fingerprint density at radius 1 is 1.15 bits per heavy atom. The summed E-state index contributed by atoms with van der Waals surface area (Å²) in [5.41, 5.74) is 8.13. The van der Waals surface area contributed by atoms with E-state index in [0.29, 0.717) is 23.4 Å². The van der Waals surface area contributed by atoms with Crippen LogP contribution in [0.4, 0.5) is 5.69 Å². The van der Waals surface area contributed by atoms with Gasteiger partial charge in [-0.1, -0.05) is 0 Å². The predicted molar refractivity (Wildman–Crippen MR) is 75.7 cm³/mol. The number of nitrogens with zero attached hydrogens (tertiary/aromatic N) is 1. The molecule has 0 aliphatic heterocycles. The summed E-state index contributed by atoms with van der Waals surface area (Å²) >= 11 is 0. The Kier molecular flexibility index (Phi) is 3.89. The molecule has 5 heteroatoms. The van der Waals surface area contributed by atoms with Gasteiger partial charge < -0.3 is 15.4 Å². The molecule has 0 saturated carbocycles. The molecule has 5 nitrogen and oxygen atoms in total. The number of aromatic nitrogens is 1. The molecule has 3 N–H and O–H groups in total. The molecule has 0 aliphatic rings. The summed E-state index contributed by atoms with van der Waals surface area (Å²) in [6.07, 6.45) is 0.453. The van der Waals surface area contributed by atoms with Crippen LogP contribution in [-0.2, 0) is 18.3 Å². The molecule has 1 aromatic heterocycles. The van der Waals surface area contributed by atoms with Crippen LogP contribution < -0.4 is 5.73 Å². The summed E-state index contributed by atoms with van der Waals surface area (Å²) in [6, 6.07) is 10.2. The van der Waals surface area contributed by atoms with Gasteiger partial charge in [0.15, 0.2) is 0 Å². The van der Waals surface area contributed by atoms with E-state index in [9.17, 15) is 9.59 Å². The van der Waals surface area contributed by atoms with Gasteiger partial charge in [0.25, 0.3) is 0 Å². The van der Waals surface area contributed by atoms with E-state index in [-0.39, 0.29) is 12.2 Å². The molecule has 0 unspecified atom stereocenters. The van der Waals surface area contributed by atoms with Crippen molar-refractivity contribution in [3.63, 3.8) is 0 Å². The topological polar surface area (TPSA) is 85.3 Å². The van der Waals surface area contributed by atoms with Crippen LogP contribution in [0, 0.1) is 0 Å². The molecule has 104 valence electrons. The predicted octanol–water partition coefficient (Wildman–Crippen LogP) is 1.86. The van der Waals surface area contributed by atoms with Crippen LogP contribution in [0.15, 0.2) is 36.4 Å². The lowest BCUT2D eigenvalue weighted by atomic mass is 10.1. The number of ketones is 1. The van der Waals surface area contributed by atoms with E-state index >= 15 is 0 Å². The summed E-state index contributed by atoms with van der Waals surface area (Å²) in [6.45, 7) is 0. The highest BCUT2D eigenvalue weighted by molar-refractivity contribution is 6.08. The van der Waals surface area contributed by atoms with Crippen molar-refractivity contribution in [2.75, 3.05) is 5.73 Å². The molecule has 1 aromatic carbocycles. The Bertz CT molecular complexity index is 642. The molecule has 0 bridgehead atoms. The second-order valence-corrected chi connectivity index (χ2v) is 4.61. The van der Waals surface area contributed by atoms with Crippen molar-refractivity contribution in [2.45, 2.75) is 12.8 Å². The van der Waals surface area contributed by atoms with Crippen LogP contribution >= 0.6 is 0 Å². The number of rotatable bonds is 5. The first-order valence-corrected chi connectivity index (χ1v) is 6.25. The fourth-order valence-electron chi connectivity index (χ4n) is 2.05. The number of hydrogen-bond donors (Lipinski definition) is 2. The van der Waals surface area contributed by atoms with Gasteiger partial charge in [-0.3, -0.25) is 9.59 Å². The minimum absolute atomic E-state index is 0.0490. The zero-order valence-electron chi connectivity index (χ0n) is 11.2. The van der Waals surface area contributed by atoms with Gasteiger partial charge in [0.2, 0.25) is 5.78 Å². The maximum atomic E-state index is 12.4. The van der Waals surface area contributed by atoms with E-state index < -0.39 is 5.97 Å². The van der Waals surface area contributed by atoms with Crippen LogP contribution in [0.3, 0.4) is 0 Å². The van der Waals surface area contributed by atoms with Gasteiger partial charge in [0.1, 0.15) is 0 Å². The van der Waals surface area contributed by atoms with Gasteiger partial charge in [0, 0.05) is 24.0 Å². The molecule has 0 radical (unpaired) electrons. The Morgan fingerprint density at radius 3 is 2.40 bits per heavy atom. The number of anilines is 1. The Morgan fingerprint density at radius 2 is 1.80 bits per heavy atom. The Balaban J connectivity index is 2.22.